The van der Waals surface area contributed by atoms with E-state index in [9.17, 15) is 4.79 Å². The molecule has 3 nitrogen and oxygen atoms in total. The quantitative estimate of drug-likeness (QED) is 0.836. The molecule has 15 heavy (non-hydrogen) atoms. The van der Waals surface area contributed by atoms with E-state index in [4.69, 9.17) is 0 Å². The van der Waals surface area contributed by atoms with Crippen LogP contribution in [-0.2, 0) is 0 Å². The molecule has 0 aliphatic heterocycles. The molecule has 0 atom stereocenters. The molecule has 0 saturated carbocycles. The number of carbonyl (C=O) groups is 1. The van der Waals surface area contributed by atoms with E-state index in [1.54, 1.807) is 14.1 Å². The summed E-state index contributed by atoms with van der Waals surface area (Å²) >= 11 is 3.49. The highest BCUT2D eigenvalue weighted by Gasteiger charge is 2.06. The molecule has 2 amide bonds. The second-order valence-corrected chi connectivity index (χ2v) is 4.54. The van der Waals surface area contributed by atoms with Gasteiger partial charge >= 0.3 is 6.03 Å². The normalized spacial score (nSPS) is 9.93. The number of amides is 2. The first-order valence-corrected chi connectivity index (χ1v) is 5.46. The maximum atomic E-state index is 11.4. The van der Waals surface area contributed by atoms with Crippen LogP contribution in [0.1, 0.15) is 11.1 Å². The van der Waals surface area contributed by atoms with Crippen molar-refractivity contribution in [3.8, 4) is 0 Å². The van der Waals surface area contributed by atoms with E-state index in [1.807, 2.05) is 26.0 Å². The number of nitrogens with zero attached hydrogens (tertiary/aromatic N) is 1. The van der Waals surface area contributed by atoms with Crippen molar-refractivity contribution in [1.29, 1.82) is 0 Å². The lowest BCUT2D eigenvalue weighted by atomic mass is 10.1. The molecular weight excluding hydrogens is 256 g/mol. The molecule has 1 N–H and O–H groups in total. The Labute approximate surface area is 98.6 Å². The number of hydrogen-bond donors (Lipinski definition) is 1. The molecule has 1 rings (SSSR count). The molecule has 0 spiro atoms. The highest BCUT2D eigenvalue weighted by Crippen LogP contribution is 2.24. The standard InChI is InChI=1S/C11H15BrN2O/c1-7-5-9(6-8(2)10(7)12)13-11(15)14(3)4/h5-6H,1-4H3,(H,13,15). The van der Waals surface area contributed by atoms with Gasteiger partial charge in [-0.15, -0.1) is 0 Å². The van der Waals surface area contributed by atoms with Crippen LogP contribution in [0.15, 0.2) is 16.6 Å². The number of benzene rings is 1. The van der Waals surface area contributed by atoms with Crippen LogP contribution in [0.3, 0.4) is 0 Å². The van der Waals surface area contributed by atoms with Crippen molar-refractivity contribution in [2.24, 2.45) is 0 Å². The SMILES string of the molecule is Cc1cc(NC(=O)N(C)C)cc(C)c1Br. The molecule has 0 heterocycles. The van der Waals surface area contributed by atoms with Gasteiger partial charge in [0.1, 0.15) is 0 Å². The second-order valence-electron chi connectivity index (χ2n) is 3.75. The second kappa shape index (κ2) is 4.66. The van der Waals surface area contributed by atoms with Crippen molar-refractivity contribution in [1.82, 2.24) is 4.90 Å². The van der Waals surface area contributed by atoms with Gasteiger partial charge in [-0.1, -0.05) is 15.9 Å². The Morgan fingerprint density at radius 3 is 2.13 bits per heavy atom. The van der Waals surface area contributed by atoms with Gasteiger partial charge < -0.3 is 10.2 Å². The minimum Gasteiger partial charge on any atom is -0.331 e. The molecule has 0 radical (unpaired) electrons. The fourth-order valence-electron chi connectivity index (χ4n) is 1.25. The van der Waals surface area contributed by atoms with Crippen molar-refractivity contribution >= 4 is 27.6 Å². The highest BCUT2D eigenvalue weighted by molar-refractivity contribution is 9.10. The summed E-state index contributed by atoms with van der Waals surface area (Å²) in [6.07, 6.45) is 0. The Kier molecular flexibility index (Phi) is 3.74. The molecular formula is C11H15BrN2O. The van der Waals surface area contributed by atoms with E-state index in [0.29, 0.717) is 0 Å². The molecule has 0 fully saturated rings. The van der Waals surface area contributed by atoms with E-state index in [2.05, 4.69) is 21.2 Å². The van der Waals surface area contributed by atoms with Crippen LogP contribution in [0, 0.1) is 13.8 Å². The van der Waals surface area contributed by atoms with Gasteiger partial charge in [0.2, 0.25) is 0 Å². The molecule has 0 bridgehead atoms. The fourth-order valence-corrected chi connectivity index (χ4v) is 1.48. The number of hydrogen-bond acceptors (Lipinski definition) is 1. The van der Waals surface area contributed by atoms with E-state index in [-0.39, 0.29) is 6.03 Å². The van der Waals surface area contributed by atoms with E-state index < -0.39 is 0 Å². The number of carbonyl (C=O) groups excluding carboxylic acids is 1. The van der Waals surface area contributed by atoms with Crippen LogP contribution in [-0.4, -0.2) is 25.0 Å². The van der Waals surface area contributed by atoms with Crippen molar-refractivity contribution in [3.05, 3.63) is 27.7 Å². The topological polar surface area (TPSA) is 32.3 Å². The molecule has 0 aliphatic rings. The maximum absolute atomic E-state index is 11.4. The monoisotopic (exact) mass is 270 g/mol. The van der Waals surface area contributed by atoms with Crippen LogP contribution >= 0.6 is 15.9 Å². The first-order chi connectivity index (χ1) is 6.91. The first-order valence-electron chi connectivity index (χ1n) is 4.67. The number of halogens is 1. The molecule has 0 saturated heterocycles. The zero-order valence-electron chi connectivity index (χ0n) is 9.39. The number of aryl methyl sites for hydroxylation is 2. The van der Waals surface area contributed by atoms with Crippen molar-refractivity contribution in [2.45, 2.75) is 13.8 Å². The fraction of sp³-hybridized carbons (Fsp3) is 0.364. The summed E-state index contributed by atoms with van der Waals surface area (Å²) in [7, 11) is 3.43. The van der Waals surface area contributed by atoms with Gasteiger partial charge in [-0.2, -0.15) is 0 Å². The minimum absolute atomic E-state index is 0.115. The highest BCUT2D eigenvalue weighted by atomic mass is 79.9. The number of nitrogens with one attached hydrogen (secondary N) is 1. The third-order valence-corrected chi connectivity index (χ3v) is 3.34. The largest absolute Gasteiger partial charge is 0.331 e. The molecule has 1 aromatic carbocycles. The molecule has 82 valence electrons. The summed E-state index contributed by atoms with van der Waals surface area (Å²) < 4.78 is 1.09. The van der Waals surface area contributed by atoms with Crippen LogP contribution < -0.4 is 5.32 Å². The molecule has 0 aromatic heterocycles. The van der Waals surface area contributed by atoms with Gasteiger partial charge in [-0.25, -0.2) is 4.79 Å². The summed E-state index contributed by atoms with van der Waals surface area (Å²) in [6, 6.07) is 3.77. The smallest absolute Gasteiger partial charge is 0.321 e. The van der Waals surface area contributed by atoms with Crippen LogP contribution in [0.25, 0.3) is 0 Å². The average molecular weight is 271 g/mol. The number of urea groups is 1. The number of anilines is 1. The van der Waals surface area contributed by atoms with E-state index >= 15 is 0 Å². The average Bonchev–Trinajstić information content (AvgIpc) is 2.13. The number of rotatable bonds is 1. The zero-order valence-corrected chi connectivity index (χ0v) is 11.0. The van der Waals surface area contributed by atoms with Gasteiger partial charge in [-0.05, 0) is 37.1 Å². The Bertz CT molecular complexity index is 365. The Balaban J connectivity index is 2.93. The van der Waals surface area contributed by atoms with Crippen molar-refractivity contribution in [2.75, 3.05) is 19.4 Å². The predicted octanol–water partition coefficient (Wildman–Crippen LogP) is 3.16. The van der Waals surface area contributed by atoms with E-state index in [1.165, 1.54) is 4.90 Å². The minimum atomic E-state index is -0.115. The van der Waals surface area contributed by atoms with Gasteiger partial charge in [0.25, 0.3) is 0 Å². The van der Waals surface area contributed by atoms with Gasteiger partial charge in [0, 0.05) is 24.3 Å². The summed E-state index contributed by atoms with van der Waals surface area (Å²) in [5.74, 6) is 0. The van der Waals surface area contributed by atoms with Crippen molar-refractivity contribution < 1.29 is 4.79 Å². The predicted molar refractivity (Wildman–Crippen MR) is 66.3 cm³/mol. The Morgan fingerprint density at radius 2 is 1.73 bits per heavy atom. The lowest BCUT2D eigenvalue weighted by Crippen LogP contribution is -2.27. The summed E-state index contributed by atoms with van der Waals surface area (Å²) in [4.78, 5) is 12.9. The van der Waals surface area contributed by atoms with Crippen LogP contribution in [0.2, 0.25) is 0 Å². The van der Waals surface area contributed by atoms with Gasteiger partial charge in [-0.3, -0.25) is 0 Å². The summed E-state index contributed by atoms with van der Waals surface area (Å²) in [6.45, 7) is 4.00. The lowest BCUT2D eigenvalue weighted by Gasteiger charge is -2.13. The third kappa shape index (κ3) is 2.96. The molecule has 1 aromatic rings. The Hall–Kier alpha value is -1.03. The lowest BCUT2D eigenvalue weighted by molar-refractivity contribution is 0.230. The summed E-state index contributed by atoms with van der Waals surface area (Å²) in [5, 5.41) is 2.82. The van der Waals surface area contributed by atoms with E-state index in [0.717, 1.165) is 21.3 Å². The van der Waals surface area contributed by atoms with Gasteiger partial charge in [0.15, 0.2) is 0 Å². The third-order valence-electron chi connectivity index (χ3n) is 2.09. The molecule has 4 heteroatoms. The maximum Gasteiger partial charge on any atom is 0.321 e. The summed E-state index contributed by atoms with van der Waals surface area (Å²) in [5.41, 5.74) is 3.06. The zero-order chi connectivity index (χ0) is 11.6. The van der Waals surface area contributed by atoms with Crippen LogP contribution in [0.5, 0.6) is 0 Å². The molecule has 0 unspecified atom stereocenters. The Morgan fingerprint density at radius 1 is 1.27 bits per heavy atom. The van der Waals surface area contributed by atoms with Crippen LogP contribution in [0.4, 0.5) is 10.5 Å². The van der Waals surface area contributed by atoms with Crippen molar-refractivity contribution in [3.63, 3.8) is 0 Å². The first kappa shape index (κ1) is 12.0. The molecule has 0 aliphatic carbocycles. The van der Waals surface area contributed by atoms with Gasteiger partial charge in [0.05, 0.1) is 0 Å².